The van der Waals surface area contributed by atoms with E-state index < -0.39 is 23.6 Å². The molecule has 0 radical (unpaired) electrons. The number of benzene rings is 1. The quantitative estimate of drug-likeness (QED) is 0.306. The number of nitrogens with one attached hydrogen (secondary N) is 1. The van der Waals surface area contributed by atoms with E-state index in [1.165, 1.54) is 9.91 Å². The van der Waals surface area contributed by atoms with Crippen LogP contribution >= 0.6 is 11.3 Å². The van der Waals surface area contributed by atoms with Gasteiger partial charge in [-0.05, 0) is 36.3 Å². The van der Waals surface area contributed by atoms with Crippen molar-refractivity contribution >= 4 is 23.2 Å². The number of thiazole rings is 1. The fourth-order valence-electron chi connectivity index (χ4n) is 4.84. The monoisotopic (exact) mass is 526 g/mol. The molecule has 4 rings (SSSR count). The smallest absolute Gasteiger partial charge is 0.248 e. The molecule has 1 aliphatic heterocycles. The van der Waals surface area contributed by atoms with Gasteiger partial charge < -0.3 is 26.1 Å². The van der Waals surface area contributed by atoms with Crippen LogP contribution in [0, 0.1) is 18.3 Å². The number of aromatic nitrogens is 1. The van der Waals surface area contributed by atoms with Crippen LogP contribution in [0.25, 0.3) is 10.4 Å². The fourth-order valence-corrected chi connectivity index (χ4v) is 5.65. The van der Waals surface area contributed by atoms with Crippen LogP contribution in [0.1, 0.15) is 51.3 Å². The Balaban J connectivity index is 1.44. The zero-order valence-corrected chi connectivity index (χ0v) is 22.8. The summed E-state index contributed by atoms with van der Waals surface area (Å²) in [4.78, 5) is 33.8. The molecule has 0 spiro atoms. The van der Waals surface area contributed by atoms with E-state index in [0.717, 1.165) is 34.5 Å². The Morgan fingerprint density at radius 1 is 1.30 bits per heavy atom. The summed E-state index contributed by atoms with van der Waals surface area (Å²) in [5, 5.41) is 14.7. The molecule has 1 aliphatic carbocycles. The number of rotatable bonds is 8. The van der Waals surface area contributed by atoms with Crippen LogP contribution in [0.4, 0.5) is 0 Å². The van der Waals surface area contributed by atoms with E-state index in [4.69, 9.17) is 11.6 Å². The third-order valence-electron chi connectivity index (χ3n) is 6.99. The lowest BCUT2D eigenvalue weighted by molar-refractivity contribution is -0.145. The van der Waals surface area contributed by atoms with Crippen LogP contribution in [-0.2, 0) is 16.1 Å². The minimum absolute atomic E-state index is 0.0854. The first kappa shape index (κ1) is 27.1. The molecule has 1 aromatic carbocycles. The SMILES string of the molecule is Cc1ncsc1-c1ccc(CNC(=O)C2CC(O)CN2C(=O)C(N(N)/C=C(\N)C2CC2)C(C)(C)C)cc1. The van der Waals surface area contributed by atoms with Gasteiger partial charge in [-0.1, -0.05) is 45.0 Å². The standard InChI is InChI=1S/C27H38N6O3S/c1-16-23(37-15-31-16)19-7-5-17(6-8-19)12-30-25(35)22-11-20(34)13-32(22)26(36)24(27(2,3)4)33(29)14-21(28)18-9-10-18/h5-8,14-15,18,20,22,24,34H,9-13,28-29H2,1-4H3,(H,30,35)/b21-14-. The molecule has 6 N–H and O–H groups in total. The van der Waals surface area contributed by atoms with Crippen molar-refractivity contribution in [2.75, 3.05) is 6.54 Å². The topological polar surface area (TPSA) is 138 Å². The number of nitrogens with zero attached hydrogens (tertiary/aromatic N) is 3. The third kappa shape index (κ3) is 6.31. The van der Waals surface area contributed by atoms with Gasteiger partial charge in [0.2, 0.25) is 11.8 Å². The number of likely N-dealkylation sites (tertiary alicyclic amines) is 1. The van der Waals surface area contributed by atoms with Crippen LogP contribution < -0.4 is 16.9 Å². The highest BCUT2D eigenvalue weighted by Crippen LogP contribution is 2.35. The summed E-state index contributed by atoms with van der Waals surface area (Å²) in [6, 6.07) is 6.46. The average Bonchev–Trinajstić information content (AvgIpc) is 3.48. The first-order chi connectivity index (χ1) is 17.5. The van der Waals surface area contributed by atoms with Crippen molar-refractivity contribution in [3.8, 4) is 10.4 Å². The van der Waals surface area contributed by atoms with E-state index in [1.807, 2.05) is 57.5 Å². The molecule has 10 heteroatoms. The number of aliphatic hydroxyl groups is 1. The lowest BCUT2D eigenvalue weighted by Gasteiger charge is -2.39. The average molecular weight is 527 g/mol. The normalized spacial score (nSPS) is 21.1. The van der Waals surface area contributed by atoms with Gasteiger partial charge in [0.15, 0.2) is 0 Å². The van der Waals surface area contributed by atoms with Crippen molar-refractivity contribution in [2.24, 2.45) is 22.9 Å². The van der Waals surface area contributed by atoms with Crippen molar-refractivity contribution < 1.29 is 14.7 Å². The predicted molar refractivity (Wildman–Crippen MR) is 145 cm³/mol. The molecule has 2 aliphatic rings. The molecule has 2 fully saturated rings. The molecule has 37 heavy (non-hydrogen) atoms. The number of aryl methyl sites for hydroxylation is 1. The Bertz CT molecular complexity index is 1150. The molecule has 9 nitrogen and oxygen atoms in total. The molecule has 3 unspecified atom stereocenters. The van der Waals surface area contributed by atoms with Gasteiger partial charge in [-0.15, -0.1) is 11.3 Å². The van der Waals surface area contributed by atoms with Crippen molar-refractivity contribution in [1.29, 1.82) is 0 Å². The van der Waals surface area contributed by atoms with Crippen LogP contribution in [0.5, 0.6) is 0 Å². The van der Waals surface area contributed by atoms with Crippen LogP contribution in [0.15, 0.2) is 41.7 Å². The number of nitrogens with two attached hydrogens (primary N) is 2. The number of hydrazine groups is 1. The molecular formula is C27H38N6O3S. The lowest BCUT2D eigenvalue weighted by atomic mass is 9.85. The van der Waals surface area contributed by atoms with E-state index in [9.17, 15) is 14.7 Å². The summed E-state index contributed by atoms with van der Waals surface area (Å²) < 4.78 is 0. The predicted octanol–water partition coefficient (Wildman–Crippen LogP) is 2.50. The summed E-state index contributed by atoms with van der Waals surface area (Å²) in [5.74, 6) is 6.07. The van der Waals surface area contributed by atoms with E-state index in [0.29, 0.717) is 18.2 Å². The number of carbonyl (C=O) groups excluding carboxylic acids is 2. The number of hydrogen-bond acceptors (Lipinski definition) is 8. The lowest BCUT2D eigenvalue weighted by Crippen LogP contribution is -2.58. The van der Waals surface area contributed by atoms with Crippen LogP contribution in [-0.4, -0.2) is 56.5 Å². The van der Waals surface area contributed by atoms with Crippen LogP contribution in [0.2, 0.25) is 0 Å². The molecule has 2 amide bonds. The Morgan fingerprint density at radius 2 is 1.97 bits per heavy atom. The Kier molecular flexibility index (Phi) is 7.91. The molecule has 1 saturated heterocycles. The largest absolute Gasteiger partial charge is 0.401 e. The molecule has 1 saturated carbocycles. The van der Waals surface area contributed by atoms with Crippen molar-refractivity contribution in [2.45, 2.75) is 71.7 Å². The van der Waals surface area contributed by atoms with Crippen LogP contribution in [0.3, 0.4) is 0 Å². The van der Waals surface area contributed by atoms with Gasteiger partial charge in [-0.25, -0.2) is 10.8 Å². The van der Waals surface area contributed by atoms with Gasteiger partial charge in [0, 0.05) is 37.3 Å². The summed E-state index contributed by atoms with van der Waals surface area (Å²) in [5.41, 5.74) is 11.1. The summed E-state index contributed by atoms with van der Waals surface area (Å²) in [7, 11) is 0. The number of hydrogen-bond donors (Lipinski definition) is 4. The number of carbonyl (C=O) groups is 2. The maximum Gasteiger partial charge on any atom is 0.248 e. The van der Waals surface area contributed by atoms with Gasteiger partial charge in [0.25, 0.3) is 0 Å². The first-order valence-electron chi connectivity index (χ1n) is 12.7. The fraction of sp³-hybridized carbons (Fsp3) is 0.519. The number of amides is 2. The molecule has 0 bridgehead atoms. The zero-order chi connectivity index (χ0) is 26.9. The van der Waals surface area contributed by atoms with E-state index >= 15 is 0 Å². The first-order valence-corrected chi connectivity index (χ1v) is 13.6. The zero-order valence-electron chi connectivity index (χ0n) is 22.0. The second-order valence-corrected chi connectivity index (χ2v) is 12.1. The molecule has 2 aromatic rings. The highest BCUT2D eigenvalue weighted by atomic mass is 32.1. The van der Waals surface area contributed by atoms with Gasteiger partial charge in [-0.3, -0.25) is 9.59 Å². The van der Waals surface area contributed by atoms with Gasteiger partial charge in [0.05, 0.1) is 22.2 Å². The minimum Gasteiger partial charge on any atom is -0.401 e. The summed E-state index contributed by atoms with van der Waals surface area (Å²) in [6.45, 7) is 8.17. The van der Waals surface area contributed by atoms with Crippen molar-refractivity contribution in [3.63, 3.8) is 0 Å². The maximum absolute atomic E-state index is 13.8. The van der Waals surface area contributed by atoms with Gasteiger partial charge in [0.1, 0.15) is 12.1 Å². The molecular weight excluding hydrogens is 488 g/mol. The Hall–Kier alpha value is -2.95. The maximum atomic E-state index is 13.8. The molecule has 1 aromatic heterocycles. The van der Waals surface area contributed by atoms with E-state index in [1.54, 1.807) is 17.5 Å². The summed E-state index contributed by atoms with van der Waals surface area (Å²) in [6.07, 6.45) is 3.10. The number of allylic oxidation sites excluding steroid dienone is 1. The molecule has 2 heterocycles. The third-order valence-corrected chi connectivity index (χ3v) is 7.97. The van der Waals surface area contributed by atoms with Crippen molar-refractivity contribution in [1.82, 2.24) is 20.2 Å². The molecule has 200 valence electrons. The highest BCUT2D eigenvalue weighted by molar-refractivity contribution is 7.13. The van der Waals surface area contributed by atoms with Gasteiger partial charge >= 0.3 is 0 Å². The Morgan fingerprint density at radius 3 is 2.54 bits per heavy atom. The van der Waals surface area contributed by atoms with E-state index in [-0.39, 0.29) is 24.8 Å². The highest BCUT2D eigenvalue weighted by Gasteiger charge is 2.45. The second-order valence-electron chi connectivity index (χ2n) is 11.2. The van der Waals surface area contributed by atoms with Crippen molar-refractivity contribution in [3.05, 3.63) is 52.9 Å². The number of β-amino-alcohol motifs (C(OH)–C–C–N with tert-alkyl or cyclic N) is 1. The second kappa shape index (κ2) is 10.8. The molecule has 3 atom stereocenters. The van der Waals surface area contributed by atoms with E-state index in [2.05, 4.69) is 10.3 Å². The Labute approximate surface area is 222 Å². The number of aliphatic hydroxyl groups excluding tert-OH is 1. The van der Waals surface area contributed by atoms with Gasteiger partial charge in [-0.2, -0.15) is 0 Å². The summed E-state index contributed by atoms with van der Waals surface area (Å²) >= 11 is 1.60. The minimum atomic E-state index is -0.777.